The molecular formula is C40H68O18. The third-order valence-corrected chi connectivity index (χ3v) is 4.98. The standard InChI is InChI=1S/2C8H14O3.C7H12O3.2C6H10O3.C5H8O3/c1-6(2)8(10)11-5-4-7(3)9;1-7(2)8(10)11-6-4-3-5-9;1-6(2)7(9)10-5-3-4-8;2*1-5(2)6(8)9-4-3-7;1-2-5(7)8-4-3-6/h7,9H,1,4-5H2,2-3H3;9H,1,3-6H2,2H3;8H,1,3-5H2,2H3;2*7H,1,3-4H2,2H3;2,6H,1,3-4H2. The molecule has 0 aromatic heterocycles. The summed E-state index contributed by atoms with van der Waals surface area (Å²) in [5, 5.41) is 50.0. The number of unbranched alkanes of at least 4 members (excludes halogenated alkanes) is 1. The van der Waals surface area contributed by atoms with Crippen LogP contribution in [-0.2, 0) is 57.2 Å². The van der Waals surface area contributed by atoms with E-state index in [1.54, 1.807) is 41.5 Å². The van der Waals surface area contributed by atoms with Gasteiger partial charge in [-0.3, -0.25) is 0 Å². The molecule has 0 heterocycles. The number of carbonyl (C=O) groups excluding carboxylic acids is 6. The Morgan fingerprint density at radius 1 is 0.448 bits per heavy atom. The molecule has 0 amide bonds. The van der Waals surface area contributed by atoms with E-state index >= 15 is 0 Å². The summed E-state index contributed by atoms with van der Waals surface area (Å²) in [6.07, 6.45) is 2.96. The summed E-state index contributed by atoms with van der Waals surface area (Å²) in [7, 11) is 0. The molecular weight excluding hydrogens is 768 g/mol. The third-order valence-electron chi connectivity index (χ3n) is 4.98. The highest BCUT2D eigenvalue weighted by atomic mass is 16.6. The molecule has 58 heavy (non-hydrogen) atoms. The molecule has 336 valence electrons. The van der Waals surface area contributed by atoms with E-state index in [9.17, 15) is 28.8 Å². The van der Waals surface area contributed by atoms with Gasteiger partial charge in [0.05, 0.1) is 45.7 Å². The number of ether oxygens (including phenoxy) is 6. The van der Waals surface area contributed by atoms with E-state index in [1.165, 1.54) is 0 Å². The molecule has 1 unspecified atom stereocenters. The maximum absolute atomic E-state index is 10.7. The molecule has 18 nitrogen and oxygen atoms in total. The zero-order valence-electron chi connectivity index (χ0n) is 35.1. The van der Waals surface area contributed by atoms with Crippen LogP contribution >= 0.6 is 0 Å². The molecule has 0 saturated carbocycles. The minimum absolute atomic E-state index is 0.0451. The van der Waals surface area contributed by atoms with E-state index in [2.05, 4.69) is 58.4 Å². The van der Waals surface area contributed by atoms with Crippen molar-refractivity contribution in [2.24, 2.45) is 0 Å². The molecule has 0 fully saturated rings. The highest BCUT2D eigenvalue weighted by Gasteiger charge is 2.04. The van der Waals surface area contributed by atoms with E-state index in [-0.39, 0.29) is 72.0 Å². The van der Waals surface area contributed by atoms with Crippen LogP contribution in [0.4, 0.5) is 0 Å². The second kappa shape index (κ2) is 48.2. The Kier molecular flexibility index (Phi) is 53.9. The zero-order chi connectivity index (χ0) is 46.5. The summed E-state index contributed by atoms with van der Waals surface area (Å²) in [6, 6.07) is 0. The van der Waals surface area contributed by atoms with Crippen molar-refractivity contribution in [3.63, 3.8) is 0 Å². The minimum Gasteiger partial charge on any atom is -0.462 e. The van der Waals surface area contributed by atoms with E-state index < -0.39 is 36.0 Å². The first-order valence-corrected chi connectivity index (χ1v) is 17.7. The highest BCUT2D eigenvalue weighted by Crippen LogP contribution is 1.97. The van der Waals surface area contributed by atoms with Crippen molar-refractivity contribution in [2.75, 3.05) is 72.7 Å². The van der Waals surface area contributed by atoms with Gasteiger partial charge in [-0.15, -0.1) is 0 Å². The first kappa shape index (κ1) is 64.9. The topological polar surface area (TPSA) is 279 Å². The van der Waals surface area contributed by atoms with Crippen LogP contribution in [0.3, 0.4) is 0 Å². The van der Waals surface area contributed by atoms with E-state index in [0.29, 0.717) is 60.2 Å². The van der Waals surface area contributed by atoms with Gasteiger partial charge < -0.3 is 59.1 Å². The monoisotopic (exact) mass is 836 g/mol. The Balaban J connectivity index is -0.000000140. The highest BCUT2D eigenvalue weighted by molar-refractivity contribution is 5.88. The summed E-state index contributed by atoms with van der Waals surface area (Å²) in [5.41, 5.74) is 1.88. The summed E-state index contributed by atoms with van der Waals surface area (Å²) in [5.74, 6) is -2.56. The fraction of sp³-hybridized carbons (Fsp3) is 0.550. The zero-order valence-corrected chi connectivity index (χ0v) is 35.1. The number of aliphatic hydroxyl groups is 6. The number of esters is 6. The smallest absolute Gasteiger partial charge is 0.333 e. The molecule has 0 aliphatic carbocycles. The van der Waals surface area contributed by atoms with Crippen LogP contribution in [0.15, 0.2) is 73.4 Å². The van der Waals surface area contributed by atoms with Gasteiger partial charge in [0.2, 0.25) is 0 Å². The normalized spacial score (nSPS) is 9.45. The Hall–Kier alpha value is -4.98. The second-order valence-electron chi connectivity index (χ2n) is 11.3. The predicted molar refractivity (Wildman–Crippen MR) is 216 cm³/mol. The van der Waals surface area contributed by atoms with Crippen molar-refractivity contribution in [1.82, 2.24) is 0 Å². The van der Waals surface area contributed by atoms with E-state index in [0.717, 1.165) is 6.08 Å². The molecule has 18 heteroatoms. The third kappa shape index (κ3) is 60.3. The number of hydrogen-bond donors (Lipinski definition) is 6. The largest absolute Gasteiger partial charge is 0.462 e. The van der Waals surface area contributed by atoms with Gasteiger partial charge in [-0.2, -0.15) is 0 Å². The molecule has 0 aliphatic rings. The quantitative estimate of drug-likeness (QED) is 0.0394. The van der Waals surface area contributed by atoms with Gasteiger partial charge in [-0.25, -0.2) is 28.8 Å². The predicted octanol–water partition coefficient (Wildman–Crippen LogP) is 2.15. The van der Waals surface area contributed by atoms with Crippen LogP contribution in [-0.4, -0.2) is 145 Å². The summed E-state index contributed by atoms with van der Waals surface area (Å²) >= 11 is 0. The van der Waals surface area contributed by atoms with Gasteiger partial charge in [0.1, 0.15) is 19.8 Å². The van der Waals surface area contributed by atoms with Crippen LogP contribution in [0.5, 0.6) is 0 Å². The van der Waals surface area contributed by atoms with Crippen LogP contribution < -0.4 is 0 Å². The molecule has 0 spiro atoms. The van der Waals surface area contributed by atoms with Gasteiger partial charge in [0, 0.05) is 60.0 Å². The summed E-state index contributed by atoms with van der Waals surface area (Å²) in [4.78, 5) is 63.1. The second-order valence-corrected chi connectivity index (χ2v) is 11.3. The lowest BCUT2D eigenvalue weighted by molar-refractivity contribution is -0.140. The molecule has 0 aromatic rings. The van der Waals surface area contributed by atoms with Gasteiger partial charge in [0.25, 0.3) is 0 Å². The molecule has 0 radical (unpaired) electrons. The Labute approximate surface area is 342 Å². The van der Waals surface area contributed by atoms with Crippen molar-refractivity contribution < 1.29 is 87.8 Å². The van der Waals surface area contributed by atoms with Gasteiger partial charge in [-0.05, 0) is 54.4 Å². The van der Waals surface area contributed by atoms with Crippen LogP contribution in [0.1, 0.15) is 67.2 Å². The van der Waals surface area contributed by atoms with Crippen LogP contribution in [0, 0.1) is 0 Å². The molecule has 1 atom stereocenters. The number of rotatable bonds is 22. The molecule has 6 N–H and O–H groups in total. The SMILES string of the molecule is C=C(C)C(=O)OCCC(C)O.C=C(C)C(=O)OCCCCO.C=C(C)C(=O)OCCCO.C=C(C)C(=O)OCCO.C=C(C)C(=O)OCCO.C=CC(=O)OCCO. The lowest BCUT2D eigenvalue weighted by Gasteiger charge is -2.05. The van der Waals surface area contributed by atoms with Crippen molar-refractivity contribution in [1.29, 1.82) is 0 Å². The average molecular weight is 837 g/mol. The fourth-order valence-electron chi connectivity index (χ4n) is 2.03. The lowest BCUT2D eigenvalue weighted by Crippen LogP contribution is -2.10. The molecule has 0 saturated heterocycles. The van der Waals surface area contributed by atoms with Crippen molar-refractivity contribution in [3.05, 3.63) is 73.4 Å². The minimum atomic E-state index is -0.501. The number of hydrogen-bond acceptors (Lipinski definition) is 18. The van der Waals surface area contributed by atoms with Gasteiger partial charge in [0.15, 0.2) is 0 Å². The van der Waals surface area contributed by atoms with Crippen molar-refractivity contribution >= 4 is 35.8 Å². The Morgan fingerprint density at radius 2 is 0.724 bits per heavy atom. The van der Waals surface area contributed by atoms with Gasteiger partial charge in [-0.1, -0.05) is 39.5 Å². The van der Waals surface area contributed by atoms with E-state index in [4.69, 9.17) is 40.1 Å². The lowest BCUT2D eigenvalue weighted by atomic mass is 10.3. The Morgan fingerprint density at radius 3 is 0.983 bits per heavy atom. The first-order chi connectivity index (χ1) is 27.1. The Bertz CT molecular complexity index is 1190. The van der Waals surface area contributed by atoms with Crippen LogP contribution in [0.2, 0.25) is 0 Å². The molecule has 0 aliphatic heterocycles. The maximum atomic E-state index is 10.7. The van der Waals surface area contributed by atoms with Gasteiger partial charge >= 0.3 is 35.8 Å². The maximum Gasteiger partial charge on any atom is 0.333 e. The van der Waals surface area contributed by atoms with Crippen molar-refractivity contribution in [3.8, 4) is 0 Å². The van der Waals surface area contributed by atoms with E-state index in [1.807, 2.05) is 0 Å². The molecule has 0 aromatic carbocycles. The summed E-state index contributed by atoms with van der Waals surface area (Å²) in [6.45, 7) is 30.4. The molecule has 0 bridgehead atoms. The number of carbonyl (C=O) groups is 6. The number of aliphatic hydroxyl groups excluding tert-OH is 6. The average Bonchev–Trinajstić information content (AvgIpc) is 3.17. The van der Waals surface area contributed by atoms with Crippen molar-refractivity contribution in [2.45, 2.75) is 73.3 Å². The first-order valence-electron chi connectivity index (χ1n) is 17.7. The molecule has 0 rings (SSSR count). The summed E-state index contributed by atoms with van der Waals surface area (Å²) < 4.78 is 27.4. The van der Waals surface area contributed by atoms with Crippen LogP contribution in [0.25, 0.3) is 0 Å². The fourth-order valence-corrected chi connectivity index (χ4v) is 2.03.